The van der Waals surface area contributed by atoms with Crippen LogP contribution in [-0.4, -0.2) is 30.8 Å². The lowest BCUT2D eigenvalue weighted by atomic mass is 10.1. The highest BCUT2D eigenvalue weighted by atomic mass is 16.2. The molecule has 0 bridgehead atoms. The van der Waals surface area contributed by atoms with Crippen molar-refractivity contribution in [1.82, 2.24) is 4.90 Å². The molecule has 0 unspecified atom stereocenters. The predicted octanol–water partition coefficient (Wildman–Crippen LogP) is 4.04. The molecule has 0 atom stereocenters. The van der Waals surface area contributed by atoms with Crippen molar-refractivity contribution in [2.75, 3.05) is 24.3 Å². The molecule has 4 rings (SSSR count). The summed E-state index contributed by atoms with van der Waals surface area (Å²) in [5.41, 5.74) is 4.05. The second-order valence-corrected chi connectivity index (χ2v) is 8.46. The molecule has 152 valence electrons. The molecule has 0 spiro atoms. The second kappa shape index (κ2) is 8.27. The van der Waals surface area contributed by atoms with E-state index in [1.165, 1.54) is 0 Å². The number of nitrogens with zero attached hydrogens (tertiary/aromatic N) is 2. The first-order valence-corrected chi connectivity index (χ1v) is 10.4. The monoisotopic (exact) mass is 391 g/mol. The van der Waals surface area contributed by atoms with Crippen LogP contribution in [-0.2, 0) is 22.7 Å². The second-order valence-electron chi connectivity index (χ2n) is 8.46. The van der Waals surface area contributed by atoms with Gasteiger partial charge in [0.2, 0.25) is 11.8 Å². The van der Waals surface area contributed by atoms with Gasteiger partial charge in [-0.25, -0.2) is 0 Å². The van der Waals surface area contributed by atoms with Gasteiger partial charge in [-0.05, 0) is 55.0 Å². The first-order chi connectivity index (χ1) is 14.0. The standard InChI is InChI=1S/C24H29N3O2/c1-26(2)22-13-12-21(25-23(28)18-8-9-18)14-20(22)16-27(24(29)19-10-11-19)15-17-6-4-3-5-7-17/h3-7,12-14,18-19H,8-11,15-16H2,1-2H3,(H,25,28). The molecule has 2 saturated carbocycles. The Morgan fingerprint density at radius 1 is 0.931 bits per heavy atom. The average molecular weight is 392 g/mol. The molecule has 0 saturated heterocycles. The van der Waals surface area contributed by atoms with Gasteiger partial charge in [-0.15, -0.1) is 0 Å². The minimum atomic E-state index is 0.101. The molecule has 2 amide bonds. The van der Waals surface area contributed by atoms with E-state index in [-0.39, 0.29) is 23.7 Å². The molecular weight excluding hydrogens is 362 g/mol. The van der Waals surface area contributed by atoms with Gasteiger partial charge in [-0.1, -0.05) is 30.3 Å². The summed E-state index contributed by atoms with van der Waals surface area (Å²) in [6.45, 7) is 1.13. The predicted molar refractivity (Wildman–Crippen MR) is 116 cm³/mol. The van der Waals surface area contributed by atoms with E-state index < -0.39 is 0 Å². The number of rotatable bonds is 8. The molecule has 2 fully saturated rings. The van der Waals surface area contributed by atoms with Crippen LogP contribution >= 0.6 is 0 Å². The summed E-state index contributed by atoms with van der Waals surface area (Å²) in [5, 5.41) is 3.04. The molecule has 0 aromatic heterocycles. The van der Waals surface area contributed by atoms with Crippen LogP contribution in [0.4, 0.5) is 11.4 Å². The Morgan fingerprint density at radius 3 is 2.24 bits per heavy atom. The number of hydrogen-bond acceptors (Lipinski definition) is 3. The summed E-state index contributed by atoms with van der Waals surface area (Å²) in [5.74, 6) is 0.659. The van der Waals surface area contributed by atoms with E-state index >= 15 is 0 Å². The zero-order valence-electron chi connectivity index (χ0n) is 17.2. The maximum atomic E-state index is 13.0. The fourth-order valence-corrected chi connectivity index (χ4v) is 3.63. The summed E-state index contributed by atoms with van der Waals surface area (Å²) in [6, 6.07) is 16.1. The van der Waals surface area contributed by atoms with E-state index in [0.29, 0.717) is 13.1 Å². The van der Waals surface area contributed by atoms with E-state index in [0.717, 1.165) is 48.2 Å². The minimum absolute atomic E-state index is 0.101. The lowest BCUT2D eigenvalue weighted by molar-refractivity contribution is -0.133. The van der Waals surface area contributed by atoms with Gasteiger partial charge < -0.3 is 15.1 Å². The van der Waals surface area contributed by atoms with Crippen LogP contribution in [0.3, 0.4) is 0 Å². The van der Waals surface area contributed by atoms with E-state index in [1.54, 1.807) is 0 Å². The van der Waals surface area contributed by atoms with Gasteiger partial charge in [0.15, 0.2) is 0 Å². The summed E-state index contributed by atoms with van der Waals surface area (Å²) in [4.78, 5) is 29.2. The average Bonchev–Trinajstić information content (AvgIpc) is 3.60. The number of hydrogen-bond donors (Lipinski definition) is 1. The number of carbonyl (C=O) groups excluding carboxylic acids is 2. The van der Waals surface area contributed by atoms with Crippen molar-refractivity contribution >= 4 is 23.2 Å². The van der Waals surface area contributed by atoms with E-state index in [1.807, 2.05) is 55.4 Å². The summed E-state index contributed by atoms with van der Waals surface area (Å²) in [6.07, 6.45) is 3.94. The maximum absolute atomic E-state index is 13.0. The minimum Gasteiger partial charge on any atom is -0.377 e. The third kappa shape index (κ3) is 4.97. The third-order valence-corrected chi connectivity index (χ3v) is 5.59. The number of anilines is 2. The van der Waals surface area contributed by atoms with Crippen molar-refractivity contribution in [1.29, 1.82) is 0 Å². The molecule has 2 aliphatic rings. The van der Waals surface area contributed by atoms with Gasteiger partial charge in [-0.2, -0.15) is 0 Å². The van der Waals surface area contributed by atoms with Gasteiger partial charge in [0.05, 0.1) is 0 Å². The van der Waals surface area contributed by atoms with Gasteiger partial charge in [0.1, 0.15) is 0 Å². The highest BCUT2D eigenvalue weighted by molar-refractivity contribution is 5.94. The molecule has 1 N–H and O–H groups in total. The highest BCUT2D eigenvalue weighted by Gasteiger charge is 2.34. The zero-order valence-corrected chi connectivity index (χ0v) is 17.2. The Bertz CT molecular complexity index is 886. The van der Waals surface area contributed by atoms with Crippen molar-refractivity contribution in [2.24, 2.45) is 11.8 Å². The smallest absolute Gasteiger partial charge is 0.227 e. The lowest BCUT2D eigenvalue weighted by Gasteiger charge is -2.26. The first kappa shape index (κ1) is 19.5. The van der Waals surface area contributed by atoms with Crippen molar-refractivity contribution in [3.05, 3.63) is 59.7 Å². The van der Waals surface area contributed by atoms with Crippen molar-refractivity contribution in [3.8, 4) is 0 Å². The van der Waals surface area contributed by atoms with Crippen LogP contribution in [0.25, 0.3) is 0 Å². The number of benzene rings is 2. The summed E-state index contributed by atoms with van der Waals surface area (Å²) >= 11 is 0. The van der Waals surface area contributed by atoms with Crippen LogP contribution < -0.4 is 10.2 Å². The number of carbonyl (C=O) groups is 2. The molecule has 2 aromatic rings. The highest BCUT2D eigenvalue weighted by Crippen LogP contribution is 2.34. The fraction of sp³-hybridized carbons (Fsp3) is 0.417. The quantitative estimate of drug-likeness (QED) is 0.739. The Morgan fingerprint density at radius 2 is 1.62 bits per heavy atom. The Kier molecular flexibility index (Phi) is 5.56. The lowest BCUT2D eigenvalue weighted by Crippen LogP contribution is -2.32. The Labute approximate surface area is 172 Å². The molecule has 0 heterocycles. The topological polar surface area (TPSA) is 52.7 Å². The molecular formula is C24H29N3O2. The SMILES string of the molecule is CN(C)c1ccc(NC(=O)C2CC2)cc1CN(Cc1ccccc1)C(=O)C1CC1. The van der Waals surface area contributed by atoms with Gasteiger partial charge in [0.25, 0.3) is 0 Å². The Hall–Kier alpha value is -2.82. The molecule has 5 nitrogen and oxygen atoms in total. The van der Waals surface area contributed by atoms with Crippen LogP contribution in [0, 0.1) is 11.8 Å². The maximum Gasteiger partial charge on any atom is 0.227 e. The fourth-order valence-electron chi connectivity index (χ4n) is 3.63. The molecule has 5 heteroatoms. The third-order valence-electron chi connectivity index (χ3n) is 5.59. The van der Waals surface area contributed by atoms with Crippen molar-refractivity contribution in [2.45, 2.75) is 38.8 Å². The molecule has 29 heavy (non-hydrogen) atoms. The van der Waals surface area contributed by atoms with Crippen LogP contribution in [0.1, 0.15) is 36.8 Å². The van der Waals surface area contributed by atoms with E-state index in [9.17, 15) is 9.59 Å². The van der Waals surface area contributed by atoms with Gasteiger partial charge in [0, 0.05) is 50.4 Å². The van der Waals surface area contributed by atoms with Gasteiger partial charge >= 0.3 is 0 Å². The van der Waals surface area contributed by atoms with Crippen molar-refractivity contribution < 1.29 is 9.59 Å². The van der Waals surface area contributed by atoms with E-state index in [4.69, 9.17) is 0 Å². The van der Waals surface area contributed by atoms with Gasteiger partial charge in [-0.3, -0.25) is 9.59 Å². The summed E-state index contributed by atoms with van der Waals surface area (Å²) in [7, 11) is 4.01. The normalized spacial score (nSPS) is 15.7. The molecule has 2 aromatic carbocycles. The molecule has 0 aliphatic heterocycles. The molecule has 0 radical (unpaired) electrons. The first-order valence-electron chi connectivity index (χ1n) is 10.4. The largest absolute Gasteiger partial charge is 0.377 e. The summed E-state index contributed by atoms with van der Waals surface area (Å²) < 4.78 is 0. The number of nitrogens with one attached hydrogen (secondary N) is 1. The van der Waals surface area contributed by atoms with Crippen LogP contribution in [0.5, 0.6) is 0 Å². The number of amides is 2. The molecule has 2 aliphatic carbocycles. The van der Waals surface area contributed by atoms with E-state index in [2.05, 4.69) is 22.3 Å². The van der Waals surface area contributed by atoms with Crippen LogP contribution in [0.15, 0.2) is 48.5 Å². The van der Waals surface area contributed by atoms with Crippen molar-refractivity contribution in [3.63, 3.8) is 0 Å². The zero-order chi connectivity index (χ0) is 20.4. The van der Waals surface area contributed by atoms with Crippen LogP contribution in [0.2, 0.25) is 0 Å². The Balaban J connectivity index is 1.58.